The Balaban J connectivity index is 2.29. The lowest BCUT2D eigenvalue weighted by Crippen LogP contribution is -2.26. The van der Waals surface area contributed by atoms with Gasteiger partial charge in [-0.05, 0) is 44.2 Å². The van der Waals surface area contributed by atoms with Crippen LogP contribution in [0.5, 0.6) is 0 Å². The highest BCUT2D eigenvalue weighted by atomic mass is 19.1. The molecule has 2 atom stereocenters. The van der Waals surface area contributed by atoms with E-state index in [1.54, 1.807) is 13.0 Å². The maximum absolute atomic E-state index is 13.8. The molecule has 2 rings (SSSR count). The Bertz CT molecular complexity index is 405. The molecule has 0 bridgehead atoms. The quantitative estimate of drug-likeness (QED) is 0.869. The van der Waals surface area contributed by atoms with Crippen molar-refractivity contribution < 1.29 is 9.50 Å². The van der Waals surface area contributed by atoms with E-state index in [1.807, 2.05) is 6.07 Å². The van der Waals surface area contributed by atoms with Gasteiger partial charge < -0.3 is 10.0 Å². The molecule has 18 heavy (non-hydrogen) atoms. The highest BCUT2D eigenvalue weighted by Gasteiger charge is 2.20. The average Bonchev–Trinajstić information content (AvgIpc) is 2.53. The number of halogens is 1. The van der Waals surface area contributed by atoms with Crippen LogP contribution in [0.4, 0.5) is 10.1 Å². The maximum Gasteiger partial charge on any atom is 0.131 e. The van der Waals surface area contributed by atoms with E-state index in [2.05, 4.69) is 11.8 Å². The second kappa shape index (κ2) is 5.70. The van der Waals surface area contributed by atoms with Gasteiger partial charge in [0.05, 0.1) is 6.10 Å². The van der Waals surface area contributed by atoms with Gasteiger partial charge in [0.2, 0.25) is 0 Å². The largest absolute Gasteiger partial charge is 0.389 e. The summed E-state index contributed by atoms with van der Waals surface area (Å²) < 4.78 is 13.8. The molecule has 100 valence electrons. The minimum Gasteiger partial charge on any atom is -0.389 e. The number of aliphatic hydroxyl groups excluding tert-OH is 1. The fourth-order valence-corrected chi connectivity index (χ4v) is 2.72. The van der Waals surface area contributed by atoms with Crippen molar-refractivity contribution in [1.29, 1.82) is 0 Å². The number of anilines is 1. The summed E-state index contributed by atoms with van der Waals surface area (Å²) in [4.78, 5) is 2.22. The summed E-state index contributed by atoms with van der Waals surface area (Å²) in [6.07, 6.45) is 2.74. The Labute approximate surface area is 108 Å². The van der Waals surface area contributed by atoms with Gasteiger partial charge in [0.1, 0.15) is 5.82 Å². The molecular formula is C15H22FNO. The summed E-state index contributed by atoms with van der Waals surface area (Å²) in [6.45, 7) is 5.80. The van der Waals surface area contributed by atoms with E-state index in [4.69, 9.17) is 0 Å². The number of hydrogen-bond donors (Lipinski definition) is 1. The Hall–Kier alpha value is -1.09. The third kappa shape index (κ3) is 2.83. The summed E-state index contributed by atoms with van der Waals surface area (Å²) in [5, 5.41) is 9.77. The third-order valence-corrected chi connectivity index (χ3v) is 3.81. The van der Waals surface area contributed by atoms with Crippen LogP contribution in [-0.2, 0) is 0 Å². The molecule has 1 aromatic carbocycles. The Morgan fingerprint density at radius 1 is 1.33 bits per heavy atom. The van der Waals surface area contributed by atoms with Gasteiger partial charge in [0, 0.05) is 24.3 Å². The van der Waals surface area contributed by atoms with E-state index in [1.165, 1.54) is 12.5 Å². The smallest absolute Gasteiger partial charge is 0.131 e. The van der Waals surface area contributed by atoms with E-state index >= 15 is 0 Å². The van der Waals surface area contributed by atoms with Crippen molar-refractivity contribution in [3.05, 3.63) is 29.6 Å². The van der Waals surface area contributed by atoms with E-state index < -0.39 is 6.10 Å². The van der Waals surface area contributed by atoms with Gasteiger partial charge in [-0.3, -0.25) is 0 Å². The van der Waals surface area contributed by atoms with Crippen molar-refractivity contribution in [3.63, 3.8) is 0 Å². The van der Waals surface area contributed by atoms with Gasteiger partial charge in [-0.1, -0.05) is 13.0 Å². The predicted octanol–water partition coefficient (Wildman–Crippen LogP) is 3.51. The van der Waals surface area contributed by atoms with Crippen LogP contribution in [0.25, 0.3) is 0 Å². The molecule has 0 aliphatic carbocycles. The molecule has 2 nitrogen and oxygen atoms in total. The number of nitrogens with zero attached hydrogens (tertiary/aromatic N) is 1. The third-order valence-electron chi connectivity index (χ3n) is 3.81. The van der Waals surface area contributed by atoms with Crippen molar-refractivity contribution in [2.75, 3.05) is 18.0 Å². The summed E-state index contributed by atoms with van der Waals surface area (Å²) >= 11 is 0. The molecule has 0 saturated carbocycles. The minimum atomic E-state index is -0.762. The van der Waals surface area contributed by atoms with Crippen LogP contribution in [0, 0.1) is 11.7 Å². The molecule has 0 aromatic heterocycles. The van der Waals surface area contributed by atoms with Gasteiger partial charge in [-0.25, -0.2) is 4.39 Å². The molecule has 1 heterocycles. The second-order valence-corrected chi connectivity index (χ2v) is 5.37. The minimum absolute atomic E-state index is 0.306. The van der Waals surface area contributed by atoms with E-state index in [9.17, 15) is 9.50 Å². The van der Waals surface area contributed by atoms with Crippen molar-refractivity contribution in [1.82, 2.24) is 0 Å². The first kappa shape index (κ1) is 13.3. The van der Waals surface area contributed by atoms with E-state index in [0.717, 1.165) is 37.5 Å². The molecule has 1 aliphatic heterocycles. The lowest BCUT2D eigenvalue weighted by atomic mass is 10.0. The molecule has 1 saturated heterocycles. The van der Waals surface area contributed by atoms with Crippen LogP contribution in [-0.4, -0.2) is 18.2 Å². The van der Waals surface area contributed by atoms with Crippen molar-refractivity contribution in [2.45, 2.75) is 39.2 Å². The molecule has 1 aromatic rings. The highest BCUT2D eigenvalue weighted by molar-refractivity contribution is 5.55. The summed E-state index contributed by atoms with van der Waals surface area (Å²) in [6, 6.07) is 5.07. The molecule has 0 spiro atoms. The first-order valence-corrected chi connectivity index (χ1v) is 6.81. The van der Waals surface area contributed by atoms with Crippen molar-refractivity contribution in [3.8, 4) is 0 Å². The highest BCUT2D eigenvalue weighted by Crippen LogP contribution is 2.31. The Morgan fingerprint density at radius 2 is 2.11 bits per heavy atom. The summed E-state index contributed by atoms with van der Waals surface area (Å²) in [5.41, 5.74) is 1.30. The lowest BCUT2D eigenvalue weighted by molar-refractivity contribution is 0.194. The number of rotatable bonds is 2. The first-order chi connectivity index (χ1) is 8.59. The molecule has 1 unspecified atom stereocenters. The average molecular weight is 251 g/mol. The van der Waals surface area contributed by atoms with Gasteiger partial charge >= 0.3 is 0 Å². The normalized spacial score (nSPS) is 22.7. The number of aliphatic hydroxyl groups is 1. The Morgan fingerprint density at radius 3 is 2.83 bits per heavy atom. The Kier molecular flexibility index (Phi) is 4.23. The molecule has 0 radical (unpaired) electrons. The molecule has 1 N–H and O–H groups in total. The molecule has 1 fully saturated rings. The summed E-state index contributed by atoms with van der Waals surface area (Å²) in [5.74, 6) is 0.429. The first-order valence-electron chi connectivity index (χ1n) is 6.81. The zero-order chi connectivity index (χ0) is 13.1. The number of benzene rings is 1. The molecular weight excluding hydrogens is 229 g/mol. The fraction of sp³-hybridized carbons (Fsp3) is 0.600. The van der Waals surface area contributed by atoms with Crippen LogP contribution < -0.4 is 4.90 Å². The van der Waals surface area contributed by atoms with Crippen LogP contribution in [0.15, 0.2) is 18.2 Å². The zero-order valence-electron chi connectivity index (χ0n) is 11.2. The van der Waals surface area contributed by atoms with E-state index in [-0.39, 0.29) is 5.82 Å². The summed E-state index contributed by atoms with van der Waals surface area (Å²) in [7, 11) is 0. The van der Waals surface area contributed by atoms with Crippen LogP contribution in [0.2, 0.25) is 0 Å². The second-order valence-electron chi connectivity index (χ2n) is 5.37. The van der Waals surface area contributed by atoms with Crippen LogP contribution in [0.3, 0.4) is 0 Å². The van der Waals surface area contributed by atoms with Crippen LogP contribution >= 0.6 is 0 Å². The number of hydrogen-bond acceptors (Lipinski definition) is 2. The van der Waals surface area contributed by atoms with Gasteiger partial charge in [0.15, 0.2) is 0 Å². The van der Waals surface area contributed by atoms with Gasteiger partial charge in [0.25, 0.3) is 0 Å². The molecule has 0 amide bonds. The molecule has 3 heteroatoms. The van der Waals surface area contributed by atoms with Crippen molar-refractivity contribution >= 4 is 5.69 Å². The van der Waals surface area contributed by atoms with Crippen molar-refractivity contribution in [2.24, 2.45) is 5.92 Å². The zero-order valence-corrected chi connectivity index (χ0v) is 11.2. The van der Waals surface area contributed by atoms with Gasteiger partial charge in [-0.2, -0.15) is 0 Å². The van der Waals surface area contributed by atoms with Gasteiger partial charge in [-0.15, -0.1) is 0 Å². The standard InChI is InChI=1S/C15H22FNO/c1-11-5-4-9-17(10-8-11)14-7-3-6-13(16)15(14)12(2)18/h3,6-7,11-12,18H,4-5,8-10H2,1-2H3/t11?,12-/m1/s1. The fourth-order valence-electron chi connectivity index (χ4n) is 2.72. The monoisotopic (exact) mass is 251 g/mol. The van der Waals surface area contributed by atoms with Crippen LogP contribution in [0.1, 0.15) is 44.8 Å². The lowest BCUT2D eigenvalue weighted by Gasteiger charge is -2.26. The predicted molar refractivity (Wildman–Crippen MR) is 72.3 cm³/mol. The maximum atomic E-state index is 13.8. The molecule has 1 aliphatic rings. The van der Waals surface area contributed by atoms with E-state index in [0.29, 0.717) is 5.56 Å². The SMILES string of the molecule is CC1CCCN(c2cccc(F)c2[C@@H](C)O)CC1. The topological polar surface area (TPSA) is 23.5 Å².